The van der Waals surface area contributed by atoms with Gasteiger partial charge in [-0.2, -0.15) is 0 Å². The Labute approximate surface area is 118 Å². The number of nitrogens with zero attached hydrogens (tertiary/aromatic N) is 1. The van der Waals surface area contributed by atoms with Gasteiger partial charge in [0.2, 0.25) is 11.8 Å². The first kappa shape index (κ1) is 15.2. The molecule has 7 heteroatoms. The van der Waals surface area contributed by atoms with Crippen molar-refractivity contribution in [2.24, 2.45) is 11.5 Å². The molecule has 0 fully saturated rings. The molecule has 102 valence electrons. The van der Waals surface area contributed by atoms with Crippen LogP contribution < -0.4 is 11.5 Å². The number of amides is 3. The molecule has 6 nitrogen and oxygen atoms in total. The minimum absolute atomic E-state index is 0.353. The number of halogens is 1. The SMILES string of the molecule is Cc1ccc(Br)cc1C(=O)N(CC(N)=O)CC(N)=O. The summed E-state index contributed by atoms with van der Waals surface area (Å²) in [4.78, 5) is 35.2. The van der Waals surface area contributed by atoms with E-state index in [4.69, 9.17) is 11.5 Å². The molecular weight excluding hydrogens is 314 g/mol. The highest BCUT2D eigenvalue weighted by Crippen LogP contribution is 2.17. The average Bonchev–Trinajstić information content (AvgIpc) is 2.29. The molecule has 4 N–H and O–H groups in total. The summed E-state index contributed by atoms with van der Waals surface area (Å²) in [6.07, 6.45) is 0. The molecule has 1 aromatic carbocycles. The number of hydrogen-bond donors (Lipinski definition) is 2. The van der Waals surface area contributed by atoms with Gasteiger partial charge in [-0.3, -0.25) is 14.4 Å². The molecule has 1 rings (SSSR count). The maximum absolute atomic E-state index is 12.3. The summed E-state index contributed by atoms with van der Waals surface area (Å²) in [6.45, 7) is 1.05. The van der Waals surface area contributed by atoms with Crippen molar-refractivity contribution in [2.75, 3.05) is 13.1 Å². The quantitative estimate of drug-likeness (QED) is 0.804. The van der Waals surface area contributed by atoms with E-state index in [1.165, 1.54) is 0 Å². The highest BCUT2D eigenvalue weighted by molar-refractivity contribution is 9.10. The first-order valence-corrected chi connectivity index (χ1v) is 6.22. The maximum atomic E-state index is 12.3. The van der Waals surface area contributed by atoms with E-state index in [0.29, 0.717) is 5.56 Å². The lowest BCUT2D eigenvalue weighted by Crippen LogP contribution is -2.43. The average molecular weight is 328 g/mol. The van der Waals surface area contributed by atoms with Gasteiger partial charge < -0.3 is 16.4 Å². The van der Waals surface area contributed by atoms with E-state index in [2.05, 4.69) is 15.9 Å². The van der Waals surface area contributed by atoms with E-state index in [9.17, 15) is 14.4 Å². The summed E-state index contributed by atoms with van der Waals surface area (Å²) in [7, 11) is 0. The van der Waals surface area contributed by atoms with Crippen molar-refractivity contribution in [2.45, 2.75) is 6.92 Å². The molecule has 0 bridgehead atoms. The Morgan fingerprint density at radius 1 is 1.16 bits per heavy atom. The van der Waals surface area contributed by atoms with Crippen LogP contribution in [0.1, 0.15) is 15.9 Å². The third-order valence-corrected chi connectivity index (χ3v) is 2.90. The van der Waals surface area contributed by atoms with E-state index >= 15 is 0 Å². The summed E-state index contributed by atoms with van der Waals surface area (Å²) >= 11 is 3.26. The molecule has 0 unspecified atom stereocenters. The van der Waals surface area contributed by atoms with Crippen LogP contribution in [0.2, 0.25) is 0 Å². The molecular formula is C12H14BrN3O3. The number of primary amides is 2. The Bertz CT molecular complexity index is 515. The molecule has 0 atom stereocenters. The summed E-state index contributed by atoms with van der Waals surface area (Å²) in [5.41, 5.74) is 11.2. The normalized spacial score (nSPS) is 10.0. The van der Waals surface area contributed by atoms with Crippen LogP contribution in [0.3, 0.4) is 0 Å². The molecule has 0 radical (unpaired) electrons. The van der Waals surface area contributed by atoms with Crippen LogP contribution >= 0.6 is 15.9 Å². The predicted octanol–water partition coefficient (Wildman–Crippen LogP) is 0.170. The number of hydrogen-bond acceptors (Lipinski definition) is 3. The zero-order valence-electron chi connectivity index (χ0n) is 10.4. The fraction of sp³-hybridized carbons (Fsp3) is 0.250. The summed E-state index contributed by atoms with van der Waals surface area (Å²) in [5, 5.41) is 0. The van der Waals surface area contributed by atoms with E-state index in [-0.39, 0.29) is 13.1 Å². The molecule has 19 heavy (non-hydrogen) atoms. The second-order valence-corrected chi connectivity index (χ2v) is 4.97. The fourth-order valence-corrected chi connectivity index (χ4v) is 1.93. The van der Waals surface area contributed by atoms with Gasteiger partial charge in [0.05, 0.1) is 0 Å². The third kappa shape index (κ3) is 4.36. The van der Waals surface area contributed by atoms with Gasteiger partial charge in [-0.25, -0.2) is 0 Å². The number of rotatable bonds is 5. The molecule has 0 aliphatic heterocycles. The second kappa shape index (κ2) is 6.33. The molecule has 0 aromatic heterocycles. The monoisotopic (exact) mass is 327 g/mol. The van der Waals surface area contributed by atoms with Gasteiger partial charge in [0.1, 0.15) is 13.1 Å². The number of carbonyl (C=O) groups excluding carboxylic acids is 3. The van der Waals surface area contributed by atoms with Gasteiger partial charge in [0.25, 0.3) is 5.91 Å². The standard InChI is InChI=1S/C12H14BrN3O3/c1-7-2-3-8(13)4-9(7)12(19)16(5-10(14)17)6-11(15)18/h2-4H,5-6H2,1H3,(H2,14,17)(H2,15,18). The van der Waals surface area contributed by atoms with Crippen LogP contribution in [0.25, 0.3) is 0 Å². The first-order chi connectivity index (χ1) is 8.81. The van der Waals surface area contributed by atoms with Crippen LogP contribution in [0.4, 0.5) is 0 Å². The maximum Gasteiger partial charge on any atom is 0.255 e. The fourth-order valence-electron chi connectivity index (χ4n) is 1.57. The topological polar surface area (TPSA) is 106 Å². The minimum atomic E-state index is -0.706. The van der Waals surface area contributed by atoms with Gasteiger partial charge >= 0.3 is 0 Å². The molecule has 1 aromatic rings. The number of benzene rings is 1. The van der Waals surface area contributed by atoms with Gasteiger partial charge in [-0.15, -0.1) is 0 Å². The van der Waals surface area contributed by atoms with Crippen LogP contribution in [0.15, 0.2) is 22.7 Å². The number of nitrogens with two attached hydrogens (primary N) is 2. The lowest BCUT2D eigenvalue weighted by atomic mass is 10.1. The molecule has 0 heterocycles. The Morgan fingerprint density at radius 2 is 1.68 bits per heavy atom. The Morgan fingerprint density at radius 3 is 2.16 bits per heavy atom. The Kier molecular flexibility index (Phi) is 5.05. The van der Waals surface area contributed by atoms with Crippen molar-refractivity contribution in [3.63, 3.8) is 0 Å². The van der Waals surface area contributed by atoms with Crippen LogP contribution in [0.5, 0.6) is 0 Å². The van der Waals surface area contributed by atoms with Gasteiger partial charge in [0, 0.05) is 10.0 Å². The number of carbonyl (C=O) groups is 3. The summed E-state index contributed by atoms with van der Waals surface area (Å²) in [5.74, 6) is -1.87. The number of aryl methyl sites for hydroxylation is 1. The predicted molar refractivity (Wildman–Crippen MR) is 73.2 cm³/mol. The van der Waals surface area contributed by atoms with Crippen molar-refractivity contribution >= 4 is 33.7 Å². The Balaban J connectivity index is 3.07. The Hall–Kier alpha value is -1.89. The third-order valence-electron chi connectivity index (χ3n) is 2.41. The lowest BCUT2D eigenvalue weighted by Gasteiger charge is -2.20. The smallest absolute Gasteiger partial charge is 0.255 e. The van der Waals surface area contributed by atoms with Gasteiger partial charge in [0.15, 0.2) is 0 Å². The van der Waals surface area contributed by atoms with E-state index in [1.807, 2.05) is 0 Å². The highest BCUT2D eigenvalue weighted by atomic mass is 79.9. The van der Waals surface area contributed by atoms with Crippen LogP contribution in [0, 0.1) is 6.92 Å². The van der Waals surface area contributed by atoms with Crippen LogP contribution in [-0.4, -0.2) is 35.7 Å². The lowest BCUT2D eigenvalue weighted by molar-refractivity contribution is -0.121. The van der Waals surface area contributed by atoms with Gasteiger partial charge in [-0.05, 0) is 24.6 Å². The summed E-state index contributed by atoms with van der Waals surface area (Å²) in [6, 6.07) is 5.16. The molecule has 0 aliphatic carbocycles. The highest BCUT2D eigenvalue weighted by Gasteiger charge is 2.21. The van der Waals surface area contributed by atoms with Crippen molar-refractivity contribution in [1.82, 2.24) is 4.90 Å². The van der Waals surface area contributed by atoms with Crippen molar-refractivity contribution in [1.29, 1.82) is 0 Å². The van der Waals surface area contributed by atoms with E-state index < -0.39 is 17.7 Å². The minimum Gasteiger partial charge on any atom is -0.368 e. The van der Waals surface area contributed by atoms with Gasteiger partial charge in [-0.1, -0.05) is 22.0 Å². The van der Waals surface area contributed by atoms with Crippen LogP contribution in [-0.2, 0) is 9.59 Å². The van der Waals surface area contributed by atoms with Crippen molar-refractivity contribution in [3.8, 4) is 0 Å². The summed E-state index contributed by atoms with van der Waals surface area (Å²) < 4.78 is 0.722. The van der Waals surface area contributed by atoms with Crippen molar-refractivity contribution < 1.29 is 14.4 Å². The molecule has 3 amide bonds. The van der Waals surface area contributed by atoms with E-state index in [0.717, 1.165) is 14.9 Å². The first-order valence-electron chi connectivity index (χ1n) is 5.43. The molecule has 0 aliphatic rings. The van der Waals surface area contributed by atoms with Crippen molar-refractivity contribution in [3.05, 3.63) is 33.8 Å². The van der Waals surface area contributed by atoms with E-state index in [1.54, 1.807) is 25.1 Å². The molecule has 0 saturated carbocycles. The molecule has 0 saturated heterocycles. The second-order valence-electron chi connectivity index (χ2n) is 4.05. The molecule has 0 spiro atoms. The zero-order chi connectivity index (χ0) is 14.6. The largest absolute Gasteiger partial charge is 0.368 e. The zero-order valence-corrected chi connectivity index (χ0v) is 11.9.